The van der Waals surface area contributed by atoms with E-state index in [4.69, 9.17) is 13.3 Å². The highest BCUT2D eigenvalue weighted by atomic mass is 28.4. The van der Waals surface area contributed by atoms with Crippen molar-refractivity contribution in [2.45, 2.75) is 65.7 Å². The number of hydrogen-bond donors (Lipinski definition) is 1. The second-order valence-corrected chi connectivity index (χ2v) is 6.79. The van der Waals surface area contributed by atoms with Crippen molar-refractivity contribution in [3.63, 3.8) is 0 Å². The van der Waals surface area contributed by atoms with Crippen molar-refractivity contribution in [1.29, 1.82) is 0 Å². The van der Waals surface area contributed by atoms with Crippen molar-refractivity contribution >= 4 is 8.80 Å². The summed E-state index contributed by atoms with van der Waals surface area (Å²) in [5, 5.41) is 9.67. The molecular formula is C12H28O4Si. The predicted octanol–water partition coefficient (Wildman–Crippen LogP) is 2.93. The number of aliphatic hydroxyl groups is 1. The van der Waals surface area contributed by atoms with Crippen LogP contribution in [0.5, 0.6) is 0 Å². The molecule has 0 aromatic carbocycles. The van der Waals surface area contributed by atoms with Crippen LogP contribution in [0.2, 0.25) is 6.04 Å². The second-order valence-electron chi connectivity index (χ2n) is 4.11. The van der Waals surface area contributed by atoms with Gasteiger partial charge in [-0.3, -0.25) is 0 Å². The topological polar surface area (TPSA) is 47.9 Å². The fourth-order valence-electron chi connectivity index (χ4n) is 1.42. The number of hydrogen-bond acceptors (Lipinski definition) is 4. The molecule has 4 nitrogen and oxygen atoms in total. The van der Waals surface area contributed by atoms with Crippen molar-refractivity contribution in [2.75, 3.05) is 13.2 Å². The molecule has 0 aliphatic heterocycles. The van der Waals surface area contributed by atoms with E-state index in [9.17, 15) is 5.11 Å². The van der Waals surface area contributed by atoms with Gasteiger partial charge in [-0.25, -0.2) is 0 Å². The largest absolute Gasteiger partial charge is 0.502 e. The molecule has 0 heterocycles. The molecule has 0 bridgehead atoms. The molecule has 0 aromatic heterocycles. The molecular weight excluding hydrogens is 236 g/mol. The molecule has 1 atom stereocenters. The zero-order valence-corrected chi connectivity index (χ0v) is 12.7. The SMILES string of the molecule is CCCO[Si](CCC)(OCCC)OC(O)CC. The molecule has 0 aliphatic carbocycles. The molecule has 17 heavy (non-hydrogen) atoms. The smallest absolute Gasteiger partial charge is 0.373 e. The Hall–Kier alpha value is 0.0569. The maximum Gasteiger partial charge on any atom is 0.502 e. The highest BCUT2D eigenvalue weighted by Gasteiger charge is 2.41. The summed E-state index contributed by atoms with van der Waals surface area (Å²) in [6.07, 6.45) is 2.58. The molecule has 104 valence electrons. The molecule has 0 radical (unpaired) electrons. The molecule has 0 saturated heterocycles. The highest BCUT2D eigenvalue weighted by Crippen LogP contribution is 2.21. The third kappa shape index (κ3) is 7.16. The molecule has 0 rings (SSSR count). The normalized spacial score (nSPS) is 13.9. The number of aliphatic hydroxyl groups excluding tert-OH is 1. The first-order valence-corrected chi connectivity index (χ1v) is 8.71. The fourth-order valence-corrected chi connectivity index (χ4v) is 4.27. The molecule has 0 amide bonds. The summed E-state index contributed by atoms with van der Waals surface area (Å²) in [5.41, 5.74) is 0. The van der Waals surface area contributed by atoms with Crippen LogP contribution in [0.1, 0.15) is 53.4 Å². The van der Waals surface area contributed by atoms with Gasteiger partial charge in [-0.05, 0) is 19.3 Å². The molecule has 1 unspecified atom stereocenters. The minimum atomic E-state index is -2.67. The van der Waals surface area contributed by atoms with E-state index in [2.05, 4.69) is 20.8 Å². The van der Waals surface area contributed by atoms with Gasteiger partial charge in [0.2, 0.25) is 0 Å². The summed E-state index contributed by atoms with van der Waals surface area (Å²) < 4.78 is 17.3. The fraction of sp³-hybridized carbons (Fsp3) is 1.00. The van der Waals surface area contributed by atoms with E-state index in [-0.39, 0.29) is 0 Å². The summed E-state index contributed by atoms with van der Waals surface area (Å²) in [5.74, 6) is 0. The first-order valence-electron chi connectivity index (χ1n) is 6.77. The first kappa shape index (κ1) is 17.1. The van der Waals surface area contributed by atoms with E-state index in [0.29, 0.717) is 19.6 Å². The van der Waals surface area contributed by atoms with E-state index in [1.807, 2.05) is 6.92 Å². The van der Waals surface area contributed by atoms with Gasteiger partial charge in [-0.1, -0.05) is 34.1 Å². The van der Waals surface area contributed by atoms with Crippen LogP contribution < -0.4 is 0 Å². The molecule has 0 aliphatic rings. The molecule has 5 heteroatoms. The maximum atomic E-state index is 9.67. The van der Waals surface area contributed by atoms with Gasteiger partial charge in [0.05, 0.1) is 0 Å². The summed E-state index contributed by atoms with van der Waals surface area (Å²) in [6.45, 7) is 9.34. The van der Waals surface area contributed by atoms with E-state index in [0.717, 1.165) is 25.3 Å². The Morgan fingerprint density at radius 1 is 0.941 bits per heavy atom. The predicted molar refractivity (Wildman–Crippen MR) is 70.7 cm³/mol. The molecule has 1 N–H and O–H groups in total. The average Bonchev–Trinajstić information content (AvgIpc) is 2.34. The van der Waals surface area contributed by atoms with Crippen LogP contribution in [0.25, 0.3) is 0 Å². The summed E-state index contributed by atoms with van der Waals surface area (Å²) in [6, 6.07) is 0.768. The summed E-state index contributed by atoms with van der Waals surface area (Å²) in [7, 11) is -2.67. The van der Waals surface area contributed by atoms with Crippen LogP contribution >= 0.6 is 0 Å². The van der Waals surface area contributed by atoms with E-state index in [1.165, 1.54) is 0 Å². The van der Waals surface area contributed by atoms with Crippen molar-refractivity contribution in [2.24, 2.45) is 0 Å². The standard InChI is InChI=1S/C12H28O4Si/c1-5-9-14-17(11-7-3,15-10-6-2)16-12(13)8-4/h12-13H,5-11H2,1-4H3. The Balaban J connectivity index is 4.54. The van der Waals surface area contributed by atoms with Crippen molar-refractivity contribution < 1.29 is 18.4 Å². The lowest BCUT2D eigenvalue weighted by Gasteiger charge is -2.31. The average molecular weight is 264 g/mol. The monoisotopic (exact) mass is 264 g/mol. The maximum absolute atomic E-state index is 9.67. The zero-order chi connectivity index (χ0) is 13.1. The molecule has 0 spiro atoms. The first-order chi connectivity index (χ1) is 8.14. The Labute approximate surface area is 107 Å². The van der Waals surface area contributed by atoms with E-state index < -0.39 is 15.1 Å². The van der Waals surface area contributed by atoms with Crippen LogP contribution in [0, 0.1) is 0 Å². The Kier molecular flexibility index (Phi) is 10.1. The minimum absolute atomic E-state index is 0.559. The zero-order valence-electron chi connectivity index (χ0n) is 11.7. The van der Waals surface area contributed by atoms with Crippen LogP contribution in [0.3, 0.4) is 0 Å². The van der Waals surface area contributed by atoms with Gasteiger partial charge in [0.1, 0.15) is 6.29 Å². The van der Waals surface area contributed by atoms with Gasteiger partial charge in [-0.15, -0.1) is 0 Å². The number of rotatable bonds is 11. The summed E-state index contributed by atoms with van der Waals surface area (Å²) in [4.78, 5) is 0. The van der Waals surface area contributed by atoms with Gasteiger partial charge in [-0.2, -0.15) is 0 Å². The van der Waals surface area contributed by atoms with Gasteiger partial charge >= 0.3 is 8.80 Å². The van der Waals surface area contributed by atoms with Gasteiger partial charge in [0.25, 0.3) is 0 Å². The van der Waals surface area contributed by atoms with Crippen molar-refractivity contribution in [1.82, 2.24) is 0 Å². The van der Waals surface area contributed by atoms with Crippen LogP contribution in [0.4, 0.5) is 0 Å². The Morgan fingerprint density at radius 3 is 1.82 bits per heavy atom. The van der Waals surface area contributed by atoms with Crippen LogP contribution in [-0.2, 0) is 13.3 Å². The lowest BCUT2D eigenvalue weighted by Crippen LogP contribution is -2.48. The van der Waals surface area contributed by atoms with E-state index in [1.54, 1.807) is 0 Å². The summed E-state index contributed by atoms with van der Waals surface area (Å²) >= 11 is 0. The Morgan fingerprint density at radius 2 is 1.47 bits per heavy atom. The van der Waals surface area contributed by atoms with Crippen molar-refractivity contribution in [3.05, 3.63) is 0 Å². The lowest BCUT2D eigenvalue weighted by atomic mass is 10.5. The van der Waals surface area contributed by atoms with Crippen LogP contribution in [0.15, 0.2) is 0 Å². The van der Waals surface area contributed by atoms with Gasteiger partial charge in [0.15, 0.2) is 0 Å². The second kappa shape index (κ2) is 10.0. The molecule has 0 saturated carbocycles. The molecule has 0 aromatic rings. The van der Waals surface area contributed by atoms with Crippen LogP contribution in [-0.4, -0.2) is 33.4 Å². The third-order valence-corrected chi connectivity index (χ3v) is 5.30. The highest BCUT2D eigenvalue weighted by molar-refractivity contribution is 6.60. The lowest BCUT2D eigenvalue weighted by molar-refractivity contribution is -0.0795. The van der Waals surface area contributed by atoms with E-state index >= 15 is 0 Å². The van der Waals surface area contributed by atoms with Crippen molar-refractivity contribution in [3.8, 4) is 0 Å². The third-order valence-electron chi connectivity index (χ3n) is 2.27. The van der Waals surface area contributed by atoms with Gasteiger partial charge < -0.3 is 18.4 Å². The quantitative estimate of drug-likeness (QED) is 0.460. The minimum Gasteiger partial charge on any atom is -0.373 e. The molecule has 0 fully saturated rings. The van der Waals surface area contributed by atoms with Gasteiger partial charge in [0, 0.05) is 19.3 Å². The Bertz CT molecular complexity index is 170.